The van der Waals surface area contributed by atoms with Crippen LogP contribution in [0.25, 0.3) is 11.1 Å². The van der Waals surface area contributed by atoms with Crippen LogP contribution in [0, 0.1) is 11.3 Å². The van der Waals surface area contributed by atoms with E-state index in [1.54, 1.807) is 6.07 Å². The molecule has 3 rings (SSSR count). The highest BCUT2D eigenvalue weighted by Gasteiger charge is 2.51. The van der Waals surface area contributed by atoms with Crippen LogP contribution >= 0.6 is 0 Å². The second-order valence-electron chi connectivity index (χ2n) is 11.2. The van der Waals surface area contributed by atoms with E-state index >= 15 is 0 Å². The molecule has 0 fully saturated rings. The molecule has 0 heterocycles. The van der Waals surface area contributed by atoms with Gasteiger partial charge in [0, 0.05) is 19.1 Å². The van der Waals surface area contributed by atoms with Crippen molar-refractivity contribution in [3.63, 3.8) is 0 Å². The average Bonchev–Trinajstić information content (AvgIpc) is 2.92. The zero-order chi connectivity index (χ0) is 34.0. The van der Waals surface area contributed by atoms with Crippen molar-refractivity contribution in [1.29, 1.82) is 5.26 Å². The van der Waals surface area contributed by atoms with Gasteiger partial charge in [-0.05, 0) is 60.4 Å². The van der Waals surface area contributed by atoms with E-state index in [1.807, 2.05) is 0 Å². The van der Waals surface area contributed by atoms with Gasteiger partial charge in [0.1, 0.15) is 17.8 Å². The monoisotopic (exact) mass is 657 g/mol. The molecule has 1 unspecified atom stereocenters. The number of halogens is 7. The molecule has 45 heavy (non-hydrogen) atoms. The van der Waals surface area contributed by atoms with Crippen molar-refractivity contribution in [3.8, 4) is 17.2 Å². The minimum atomic E-state index is -5.14. The summed E-state index contributed by atoms with van der Waals surface area (Å²) in [4.78, 5) is 13.1. The lowest BCUT2D eigenvalue weighted by Crippen LogP contribution is -2.56. The van der Waals surface area contributed by atoms with Crippen molar-refractivity contribution >= 4 is 15.7 Å². The molecule has 3 atom stereocenters. The van der Waals surface area contributed by atoms with Gasteiger partial charge in [-0.2, -0.15) is 31.6 Å². The largest absolute Gasteiger partial charge is 0.416 e. The molecular formula is C31H30F7N3O3S. The first-order chi connectivity index (χ1) is 20.6. The molecule has 3 aromatic rings. The first-order valence-electron chi connectivity index (χ1n) is 13.4. The normalized spacial score (nSPS) is 14.9. The van der Waals surface area contributed by atoms with Crippen LogP contribution in [-0.4, -0.2) is 49.4 Å². The van der Waals surface area contributed by atoms with Gasteiger partial charge in [-0.25, -0.2) is 12.8 Å². The van der Waals surface area contributed by atoms with E-state index in [9.17, 15) is 49.2 Å². The number of nitrogens with zero attached hydrogens (tertiary/aromatic N) is 2. The minimum absolute atomic E-state index is 0.0412. The second kappa shape index (κ2) is 13.2. The lowest BCUT2D eigenvalue weighted by Gasteiger charge is -2.41. The SMILES string of the molecule is CC(C)(F)C[C@@H](C(N)=O)N(C(C#N)Cc1ccc(C(F)(F)F)cc1)[C@@H](c1ccc(-c2ccc(S(C)(=O)=O)cc2)cc1)C(F)(F)F. The molecule has 242 valence electrons. The Morgan fingerprint density at radius 3 is 1.73 bits per heavy atom. The Morgan fingerprint density at radius 1 is 0.867 bits per heavy atom. The summed E-state index contributed by atoms with van der Waals surface area (Å²) in [5.41, 5.74) is 2.85. The van der Waals surface area contributed by atoms with Gasteiger partial charge in [-0.3, -0.25) is 9.69 Å². The summed E-state index contributed by atoms with van der Waals surface area (Å²) in [7, 11) is -3.49. The number of benzene rings is 3. The Labute approximate surface area is 256 Å². The van der Waals surface area contributed by atoms with Gasteiger partial charge in [0.25, 0.3) is 0 Å². The summed E-state index contributed by atoms with van der Waals surface area (Å²) < 4.78 is 122. The number of rotatable bonds is 11. The van der Waals surface area contributed by atoms with Crippen LogP contribution in [0.1, 0.15) is 43.0 Å². The van der Waals surface area contributed by atoms with Crippen LogP contribution in [0.15, 0.2) is 77.7 Å². The van der Waals surface area contributed by atoms with Crippen molar-refractivity contribution in [1.82, 2.24) is 4.90 Å². The smallest absolute Gasteiger partial charge is 0.368 e. The first kappa shape index (κ1) is 35.5. The maximum atomic E-state index is 14.9. The van der Waals surface area contributed by atoms with Crippen molar-refractivity contribution in [2.45, 2.75) is 67.7 Å². The lowest BCUT2D eigenvalue weighted by atomic mass is 9.91. The van der Waals surface area contributed by atoms with E-state index in [4.69, 9.17) is 5.73 Å². The van der Waals surface area contributed by atoms with Gasteiger partial charge in [0.05, 0.1) is 22.6 Å². The molecule has 0 aromatic heterocycles. The van der Waals surface area contributed by atoms with Crippen molar-refractivity contribution < 1.29 is 43.9 Å². The molecule has 0 saturated heterocycles. The Hall–Kier alpha value is -3.96. The summed E-state index contributed by atoms with van der Waals surface area (Å²) in [6.07, 6.45) is -10.1. The van der Waals surface area contributed by atoms with Gasteiger partial charge in [0.15, 0.2) is 9.84 Å². The zero-order valence-corrected chi connectivity index (χ0v) is 25.1. The number of hydrogen-bond donors (Lipinski definition) is 1. The van der Waals surface area contributed by atoms with E-state index in [0.717, 1.165) is 44.4 Å². The summed E-state index contributed by atoms with van der Waals surface area (Å²) in [6, 6.07) is 9.29. The van der Waals surface area contributed by atoms with Gasteiger partial charge in [-0.15, -0.1) is 0 Å². The van der Waals surface area contributed by atoms with Crippen molar-refractivity contribution in [2.75, 3.05) is 6.26 Å². The van der Waals surface area contributed by atoms with E-state index in [1.165, 1.54) is 36.4 Å². The van der Waals surface area contributed by atoms with Crippen LogP contribution in [0.4, 0.5) is 30.7 Å². The molecule has 0 spiro atoms. The van der Waals surface area contributed by atoms with Crippen LogP contribution in [-0.2, 0) is 27.2 Å². The Balaban J connectivity index is 2.13. The number of nitriles is 1. The fourth-order valence-corrected chi connectivity index (χ4v) is 5.57. The highest BCUT2D eigenvalue weighted by atomic mass is 32.2. The Kier molecular flexibility index (Phi) is 10.4. The summed E-state index contributed by atoms with van der Waals surface area (Å²) in [5, 5.41) is 10.1. The molecule has 0 aliphatic rings. The highest BCUT2D eigenvalue weighted by Crippen LogP contribution is 2.42. The predicted molar refractivity (Wildman–Crippen MR) is 153 cm³/mol. The van der Waals surface area contributed by atoms with E-state index in [-0.39, 0.29) is 10.5 Å². The molecule has 0 saturated carbocycles. The molecule has 2 N–H and O–H groups in total. The molecule has 3 aromatic carbocycles. The first-order valence-corrected chi connectivity index (χ1v) is 15.3. The van der Waals surface area contributed by atoms with E-state index in [2.05, 4.69) is 0 Å². The standard InChI is InChI=1S/C31H30F7N3O3S/c1-29(2,32)17-26(28(40)42)41(24(18-39)16-19-4-12-23(13-5-19)30(33,34)35)27(31(36,37)38)22-8-6-20(7-9-22)21-10-14-25(15-11-21)45(3,43)44/h4-15,24,26-27H,16-17H2,1-3H3,(H2,40,42)/t24?,26-,27-/m0/s1. The van der Waals surface area contributed by atoms with Gasteiger partial charge >= 0.3 is 12.4 Å². The van der Waals surface area contributed by atoms with E-state index < -0.39 is 75.9 Å². The van der Waals surface area contributed by atoms with Crippen LogP contribution in [0.2, 0.25) is 0 Å². The third-order valence-electron chi connectivity index (χ3n) is 7.04. The van der Waals surface area contributed by atoms with Gasteiger partial charge in [0.2, 0.25) is 5.91 Å². The van der Waals surface area contributed by atoms with Crippen molar-refractivity contribution in [3.05, 3.63) is 89.5 Å². The van der Waals surface area contributed by atoms with Crippen molar-refractivity contribution in [2.24, 2.45) is 5.73 Å². The Morgan fingerprint density at radius 2 is 1.36 bits per heavy atom. The number of nitrogens with two attached hydrogens (primary N) is 1. The number of primary amides is 1. The van der Waals surface area contributed by atoms with Gasteiger partial charge < -0.3 is 5.73 Å². The fourth-order valence-electron chi connectivity index (χ4n) is 4.94. The molecule has 0 aliphatic heterocycles. The number of amides is 1. The van der Waals surface area contributed by atoms with Crippen LogP contribution in [0.5, 0.6) is 0 Å². The molecule has 1 amide bonds. The zero-order valence-electron chi connectivity index (χ0n) is 24.3. The van der Waals surface area contributed by atoms with Crippen LogP contribution < -0.4 is 5.73 Å². The quantitative estimate of drug-likeness (QED) is 0.228. The lowest BCUT2D eigenvalue weighted by molar-refractivity contribution is -0.198. The maximum absolute atomic E-state index is 14.9. The summed E-state index contributed by atoms with van der Waals surface area (Å²) >= 11 is 0. The summed E-state index contributed by atoms with van der Waals surface area (Å²) in [5.74, 6) is -1.33. The number of alkyl halides is 7. The number of sulfone groups is 1. The fraction of sp³-hybridized carbons (Fsp3) is 0.355. The Bertz CT molecular complexity index is 1630. The second-order valence-corrected chi connectivity index (χ2v) is 13.2. The molecule has 0 aliphatic carbocycles. The molecule has 6 nitrogen and oxygen atoms in total. The molecular weight excluding hydrogens is 627 g/mol. The predicted octanol–water partition coefficient (Wildman–Crippen LogP) is 6.81. The molecule has 0 bridgehead atoms. The minimum Gasteiger partial charge on any atom is -0.368 e. The average molecular weight is 658 g/mol. The number of carbonyl (C=O) groups is 1. The summed E-state index contributed by atoms with van der Waals surface area (Å²) in [6.45, 7) is 2.07. The third-order valence-corrected chi connectivity index (χ3v) is 8.17. The number of carbonyl (C=O) groups excluding carboxylic acids is 1. The number of hydrogen-bond acceptors (Lipinski definition) is 5. The third kappa shape index (κ3) is 9.27. The molecule has 14 heteroatoms. The molecule has 0 radical (unpaired) electrons. The highest BCUT2D eigenvalue weighted by molar-refractivity contribution is 7.90. The topological polar surface area (TPSA) is 104 Å². The van der Waals surface area contributed by atoms with Crippen LogP contribution in [0.3, 0.4) is 0 Å². The van der Waals surface area contributed by atoms with E-state index in [0.29, 0.717) is 28.2 Å². The van der Waals surface area contributed by atoms with Gasteiger partial charge in [-0.1, -0.05) is 48.5 Å². The maximum Gasteiger partial charge on any atom is 0.416 e.